The fourth-order valence-corrected chi connectivity index (χ4v) is 1.88. The normalized spacial score (nSPS) is 10.1. The minimum Gasteiger partial charge on any atom is -0.376 e. The van der Waals surface area contributed by atoms with E-state index < -0.39 is 0 Å². The van der Waals surface area contributed by atoms with Gasteiger partial charge in [0.05, 0.1) is 6.54 Å². The minimum absolute atomic E-state index is 0.121. The number of carbonyl (C=O) groups excluding carboxylic acids is 1. The number of anilines is 1. The zero-order valence-electron chi connectivity index (χ0n) is 11.3. The molecule has 20 heavy (non-hydrogen) atoms. The Kier molecular flexibility index (Phi) is 4.71. The molecule has 0 atom stereocenters. The molecule has 0 saturated carbocycles. The highest BCUT2D eigenvalue weighted by atomic mass is 19.1. The van der Waals surface area contributed by atoms with Gasteiger partial charge in [0.25, 0.3) is 0 Å². The van der Waals surface area contributed by atoms with Crippen molar-refractivity contribution < 1.29 is 9.18 Å². The van der Waals surface area contributed by atoms with Crippen LogP contribution in [0, 0.1) is 12.7 Å². The lowest BCUT2D eigenvalue weighted by Crippen LogP contribution is -2.29. The van der Waals surface area contributed by atoms with Crippen molar-refractivity contribution in [1.82, 2.24) is 5.32 Å². The van der Waals surface area contributed by atoms with Crippen LogP contribution < -0.4 is 10.6 Å². The number of hydrogen-bond acceptors (Lipinski definition) is 2. The van der Waals surface area contributed by atoms with Crippen LogP contribution >= 0.6 is 0 Å². The minimum atomic E-state index is -0.308. The number of rotatable bonds is 5. The van der Waals surface area contributed by atoms with E-state index in [1.807, 2.05) is 37.3 Å². The zero-order valence-corrected chi connectivity index (χ0v) is 11.3. The molecule has 0 unspecified atom stereocenters. The summed E-state index contributed by atoms with van der Waals surface area (Å²) in [5.41, 5.74) is 2.47. The van der Waals surface area contributed by atoms with E-state index in [9.17, 15) is 9.18 Å². The number of amides is 1. The standard InChI is InChI=1S/C16H17FN2O/c1-12-7-14(17)9-15(8-12)18-11-16(20)19-10-13-5-3-2-4-6-13/h2-9,18H,10-11H2,1H3,(H,19,20). The molecule has 0 aliphatic carbocycles. The highest BCUT2D eigenvalue weighted by Gasteiger charge is 2.02. The van der Waals surface area contributed by atoms with E-state index >= 15 is 0 Å². The van der Waals surface area contributed by atoms with Crippen LogP contribution in [0.4, 0.5) is 10.1 Å². The molecule has 0 radical (unpaired) electrons. The van der Waals surface area contributed by atoms with E-state index in [4.69, 9.17) is 0 Å². The summed E-state index contributed by atoms with van der Waals surface area (Å²) in [6.45, 7) is 2.42. The summed E-state index contributed by atoms with van der Waals surface area (Å²) < 4.78 is 13.2. The molecule has 2 rings (SSSR count). The van der Waals surface area contributed by atoms with Gasteiger partial charge >= 0.3 is 0 Å². The second-order valence-electron chi connectivity index (χ2n) is 4.63. The van der Waals surface area contributed by atoms with Crippen molar-refractivity contribution in [3.63, 3.8) is 0 Å². The molecule has 0 saturated heterocycles. The molecule has 0 aliphatic heterocycles. The fourth-order valence-electron chi connectivity index (χ4n) is 1.88. The highest BCUT2D eigenvalue weighted by molar-refractivity contribution is 5.80. The van der Waals surface area contributed by atoms with Gasteiger partial charge in [0.1, 0.15) is 5.82 Å². The van der Waals surface area contributed by atoms with Crippen molar-refractivity contribution in [2.45, 2.75) is 13.5 Å². The third kappa shape index (κ3) is 4.39. The third-order valence-electron chi connectivity index (χ3n) is 2.83. The predicted molar refractivity (Wildman–Crippen MR) is 77.9 cm³/mol. The van der Waals surface area contributed by atoms with Crippen molar-refractivity contribution >= 4 is 11.6 Å². The van der Waals surface area contributed by atoms with E-state index in [-0.39, 0.29) is 18.3 Å². The van der Waals surface area contributed by atoms with Gasteiger partial charge in [-0.3, -0.25) is 4.79 Å². The van der Waals surface area contributed by atoms with Crippen molar-refractivity contribution in [2.24, 2.45) is 0 Å². The molecule has 1 amide bonds. The van der Waals surface area contributed by atoms with Crippen LogP contribution in [0.1, 0.15) is 11.1 Å². The van der Waals surface area contributed by atoms with Gasteiger partial charge in [0, 0.05) is 12.2 Å². The van der Waals surface area contributed by atoms with E-state index in [0.717, 1.165) is 11.1 Å². The summed E-state index contributed by atoms with van der Waals surface area (Å²) in [5.74, 6) is -0.437. The molecule has 2 aromatic rings. The zero-order chi connectivity index (χ0) is 14.4. The second kappa shape index (κ2) is 6.70. The topological polar surface area (TPSA) is 41.1 Å². The molecule has 3 nitrogen and oxygen atoms in total. The molecule has 0 heterocycles. The first kappa shape index (κ1) is 14.1. The number of aryl methyl sites for hydroxylation is 1. The maximum atomic E-state index is 13.2. The average molecular weight is 272 g/mol. The maximum Gasteiger partial charge on any atom is 0.239 e. The Morgan fingerprint density at radius 2 is 1.90 bits per heavy atom. The predicted octanol–water partition coefficient (Wildman–Crippen LogP) is 2.86. The monoisotopic (exact) mass is 272 g/mol. The SMILES string of the molecule is Cc1cc(F)cc(NCC(=O)NCc2ccccc2)c1. The number of halogens is 1. The Bertz CT molecular complexity index is 564. The largest absolute Gasteiger partial charge is 0.376 e. The Morgan fingerprint density at radius 3 is 2.60 bits per heavy atom. The fraction of sp³-hybridized carbons (Fsp3) is 0.188. The van der Waals surface area contributed by atoms with Gasteiger partial charge in [-0.15, -0.1) is 0 Å². The lowest BCUT2D eigenvalue weighted by atomic mass is 10.2. The summed E-state index contributed by atoms with van der Waals surface area (Å²) in [7, 11) is 0. The van der Waals surface area contributed by atoms with Crippen LogP contribution in [0.3, 0.4) is 0 Å². The molecule has 2 aromatic carbocycles. The average Bonchev–Trinajstić information content (AvgIpc) is 2.43. The summed E-state index contributed by atoms with van der Waals surface area (Å²) in [6, 6.07) is 14.3. The number of carbonyl (C=O) groups is 1. The van der Waals surface area contributed by atoms with Gasteiger partial charge in [0.15, 0.2) is 0 Å². The Labute approximate surface area is 117 Å². The summed E-state index contributed by atoms with van der Waals surface area (Å²) >= 11 is 0. The Hall–Kier alpha value is -2.36. The highest BCUT2D eigenvalue weighted by Crippen LogP contribution is 2.12. The first-order valence-corrected chi connectivity index (χ1v) is 6.45. The van der Waals surface area contributed by atoms with Crippen LogP contribution in [0.2, 0.25) is 0 Å². The van der Waals surface area contributed by atoms with Crippen molar-refractivity contribution in [3.05, 3.63) is 65.5 Å². The van der Waals surface area contributed by atoms with Crippen LogP contribution in [0.5, 0.6) is 0 Å². The third-order valence-corrected chi connectivity index (χ3v) is 2.83. The number of nitrogens with one attached hydrogen (secondary N) is 2. The smallest absolute Gasteiger partial charge is 0.239 e. The van der Waals surface area contributed by atoms with Crippen LogP contribution in [-0.4, -0.2) is 12.5 Å². The van der Waals surface area contributed by atoms with E-state index in [0.29, 0.717) is 12.2 Å². The lowest BCUT2D eigenvalue weighted by Gasteiger charge is -2.08. The first-order valence-electron chi connectivity index (χ1n) is 6.45. The van der Waals surface area contributed by atoms with Crippen LogP contribution in [-0.2, 0) is 11.3 Å². The Balaban J connectivity index is 1.80. The summed E-state index contributed by atoms with van der Waals surface area (Å²) in [4.78, 5) is 11.7. The summed E-state index contributed by atoms with van der Waals surface area (Å²) in [6.07, 6.45) is 0. The second-order valence-corrected chi connectivity index (χ2v) is 4.63. The van der Waals surface area contributed by atoms with Gasteiger partial charge in [-0.2, -0.15) is 0 Å². The van der Waals surface area contributed by atoms with Crippen LogP contribution in [0.15, 0.2) is 48.5 Å². The molecule has 4 heteroatoms. The van der Waals surface area contributed by atoms with E-state index in [1.165, 1.54) is 12.1 Å². The molecule has 104 valence electrons. The van der Waals surface area contributed by atoms with Crippen molar-refractivity contribution in [2.75, 3.05) is 11.9 Å². The van der Waals surface area contributed by atoms with Gasteiger partial charge < -0.3 is 10.6 Å². The van der Waals surface area contributed by atoms with Crippen molar-refractivity contribution in [1.29, 1.82) is 0 Å². The molecule has 0 aromatic heterocycles. The van der Waals surface area contributed by atoms with Gasteiger partial charge in [-0.25, -0.2) is 4.39 Å². The van der Waals surface area contributed by atoms with Gasteiger partial charge in [0.2, 0.25) is 5.91 Å². The molecular formula is C16H17FN2O. The van der Waals surface area contributed by atoms with Crippen molar-refractivity contribution in [3.8, 4) is 0 Å². The molecule has 0 spiro atoms. The first-order chi connectivity index (χ1) is 9.63. The molecule has 0 fully saturated rings. The van der Waals surface area contributed by atoms with Gasteiger partial charge in [-0.05, 0) is 36.2 Å². The van der Waals surface area contributed by atoms with Crippen LogP contribution in [0.25, 0.3) is 0 Å². The Morgan fingerprint density at radius 1 is 1.15 bits per heavy atom. The molecular weight excluding hydrogens is 255 g/mol. The molecule has 0 bridgehead atoms. The van der Waals surface area contributed by atoms with E-state index in [2.05, 4.69) is 10.6 Å². The summed E-state index contributed by atoms with van der Waals surface area (Å²) in [5, 5.41) is 5.71. The lowest BCUT2D eigenvalue weighted by molar-refractivity contribution is -0.119. The quantitative estimate of drug-likeness (QED) is 0.878. The maximum absolute atomic E-state index is 13.2. The molecule has 0 aliphatic rings. The van der Waals surface area contributed by atoms with E-state index in [1.54, 1.807) is 6.07 Å². The molecule has 2 N–H and O–H groups in total. The van der Waals surface area contributed by atoms with Gasteiger partial charge in [-0.1, -0.05) is 30.3 Å². The number of hydrogen-bond donors (Lipinski definition) is 2. The number of benzene rings is 2.